The second-order valence-electron chi connectivity index (χ2n) is 7.71. The summed E-state index contributed by atoms with van der Waals surface area (Å²) >= 11 is 0. The van der Waals surface area contributed by atoms with Crippen molar-refractivity contribution in [3.8, 4) is 23.0 Å². The average molecular weight is 439 g/mol. The summed E-state index contributed by atoms with van der Waals surface area (Å²) in [6, 6.07) is 9.41. The third-order valence-corrected chi connectivity index (χ3v) is 5.52. The van der Waals surface area contributed by atoms with E-state index in [-0.39, 0.29) is 0 Å². The van der Waals surface area contributed by atoms with Crippen LogP contribution in [0.1, 0.15) is 12.5 Å². The molecule has 0 bridgehead atoms. The minimum Gasteiger partial charge on any atom is -0.486 e. The molecule has 1 atom stereocenters. The Labute approximate surface area is 183 Å². The molecule has 32 heavy (non-hydrogen) atoms. The van der Waals surface area contributed by atoms with Crippen LogP contribution in [0.2, 0.25) is 0 Å². The Hall–Kier alpha value is -3.95. The van der Waals surface area contributed by atoms with Gasteiger partial charge in [0.2, 0.25) is 5.91 Å². The van der Waals surface area contributed by atoms with Gasteiger partial charge >= 0.3 is 6.03 Å². The third-order valence-electron chi connectivity index (χ3n) is 5.52. The molecule has 0 aromatic heterocycles. The number of amides is 4. The minimum atomic E-state index is -1.33. The molecule has 2 aromatic carbocycles. The quantitative estimate of drug-likeness (QED) is 0.696. The second-order valence-corrected chi connectivity index (χ2v) is 7.71. The fourth-order valence-corrected chi connectivity index (χ4v) is 3.86. The van der Waals surface area contributed by atoms with Crippen molar-refractivity contribution in [3.05, 3.63) is 42.0 Å². The minimum absolute atomic E-state index is 0.402. The number of anilines is 1. The summed E-state index contributed by atoms with van der Waals surface area (Å²) in [5, 5.41) is 5.37. The number of nitrogens with zero attached hydrogens (tertiary/aromatic N) is 1. The lowest BCUT2D eigenvalue weighted by Crippen LogP contribution is -2.42. The molecule has 5 rings (SSSR count). The van der Waals surface area contributed by atoms with Crippen LogP contribution in [0.5, 0.6) is 23.0 Å². The van der Waals surface area contributed by atoms with Crippen molar-refractivity contribution < 1.29 is 33.3 Å². The van der Waals surface area contributed by atoms with Crippen molar-refractivity contribution in [2.45, 2.75) is 12.5 Å². The molecule has 3 aliphatic rings. The Morgan fingerprint density at radius 2 is 1.53 bits per heavy atom. The molecule has 0 radical (unpaired) electrons. The van der Waals surface area contributed by atoms with Gasteiger partial charge in [0.15, 0.2) is 23.0 Å². The van der Waals surface area contributed by atoms with Crippen LogP contribution < -0.4 is 29.6 Å². The van der Waals surface area contributed by atoms with E-state index >= 15 is 0 Å². The van der Waals surface area contributed by atoms with Crippen molar-refractivity contribution >= 4 is 23.5 Å². The zero-order chi connectivity index (χ0) is 22.3. The van der Waals surface area contributed by atoms with Crippen molar-refractivity contribution in [2.75, 3.05) is 38.3 Å². The van der Waals surface area contributed by atoms with Crippen LogP contribution in [0.4, 0.5) is 10.5 Å². The van der Waals surface area contributed by atoms with Gasteiger partial charge in [-0.2, -0.15) is 0 Å². The van der Waals surface area contributed by atoms with Gasteiger partial charge in [0.05, 0.1) is 0 Å². The Morgan fingerprint density at radius 1 is 0.938 bits per heavy atom. The lowest BCUT2D eigenvalue weighted by Gasteiger charge is -2.25. The van der Waals surface area contributed by atoms with E-state index in [2.05, 4.69) is 10.6 Å². The molecule has 1 saturated heterocycles. The van der Waals surface area contributed by atoms with E-state index in [4.69, 9.17) is 18.9 Å². The fraction of sp³-hybridized carbons (Fsp3) is 0.318. The predicted octanol–water partition coefficient (Wildman–Crippen LogP) is 1.63. The maximum atomic E-state index is 13.1. The molecule has 1 unspecified atom stereocenters. The van der Waals surface area contributed by atoms with Gasteiger partial charge in [0.25, 0.3) is 5.91 Å². The van der Waals surface area contributed by atoms with Gasteiger partial charge in [0.1, 0.15) is 38.5 Å². The van der Waals surface area contributed by atoms with E-state index in [1.807, 2.05) is 0 Å². The molecular weight excluding hydrogens is 418 g/mol. The number of urea groups is 1. The maximum absolute atomic E-state index is 13.1. The van der Waals surface area contributed by atoms with E-state index in [1.165, 1.54) is 0 Å². The zero-order valence-corrected chi connectivity index (χ0v) is 17.3. The Kier molecular flexibility index (Phi) is 4.76. The number of carbonyl (C=O) groups excluding carboxylic acids is 3. The Balaban J connectivity index is 1.30. The molecular formula is C22H21N3O7. The largest absolute Gasteiger partial charge is 0.486 e. The van der Waals surface area contributed by atoms with Gasteiger partial charge in [-0.25, -0.2) is 4.79 Å². The van der Waals surface area contributed by atoms with Crippen LogP contribution in [-0.4, -0.2) is 55.7 Å². The highest BCUT2D eigenvalue weighted by Crippen LogP contribution is 2.37. The number of hydrogen-bond donors (Lipinski definition) is 2. The summed E-state index contributed by atoms with van der Waals surface area (Å²) in [5.41, 5.74) is -0.319. The lowest BCUT2D eigenvalue weighted by molar-refractivity contribution is -0.133. The van der Waals surface area contributed by atoms with Crippen LogP contribution in [0, 0.1) is 0 Å². The second kappa shape index (κ2) is 7.63. The molecule has 0 spiro atoms. The van der Waals surface area contributed by atoms with Crippen molar-refractivity contribution in [3.63, 3.8) is 0 Å². The number of hydrogen-bond acceptors (Lipinski definition) is 7. The predicted molar refractivity (Wildman–Crippen MR) is 111 cm³/mol. The summed E-state index contributed by atoms with van der Waals surface area (Å²) in [6.45, 7) is 2.90. The molecule has 10 heteroatoms. The highest BCUT2D eigenvalue weighted by Gasteiger charge is 2.49. The number of carbonyl (C=O) groups is 3. The van der Waals surface area contributed by atoms with E-state index in [9.17, 15) is 14.4 Å². The summed E-state index contributed by atoms with van der Waals surface area (Å²) in [4.78, 5) is 39.2. The van der Waals surface area contributed by atoms with Gasteiger partial charge in [-0.1, -0.05) is 6.07 Å². The molecule has 2 N–H and O–H groups in total. The molecule has 4 amide bonds. The number of rotatable bonds is 4. The topological polar surface area (TPSA) is 115 Å². The Morgan fingerprint density at radius 3 is 2.22 bits per heavy atom. The van der Waals surface area contributed by atoms with Crippen molar-refractivity contribution in [1.29, 1.82) is 0 Å². The fourth-order valence-electron chi connectivity index (χ4n) is 3.86. The smallest absolute Gasteiger partial charge is 0.325 e. The maximum Gasteiger partial charge on any atom is 0.325 e. The first-order valence-corrected chi connectivity index (χ1v) is 10.2. The van der Waals surface area contributed by atoms with Crippen molar-refractivity contribution in [1.82, 2.24) is 10.2 Å². The number of benzene rings is 2. The summed E-state index contributed by atoms with van der Waals surface area (Å²) < 4.78 is 22.1. The first-order chi connectivity index (χ1) is 15.4. The summed E-state index contributed by atoms with van der Waals surface area (Å²) in [6.07, 6.45) is 0. The highest BCUT2D eigenvalue weighted by atomic mass is 16.6. The van der Waals surface area contributed by atoms with Crippen LogP contribution in [0.3, 0.4) is 0 Å². The SMILES string of the molecule is CC1(c2ccc3c(c2)OCCO3)NC(=O)N(CC(=O)Nc2ccc3c(c2)OCCO3)C1=O. The molecule has 0 aliphatic carbocycles. The zero-order valence-electron chi connectivity index (χ0n) is 17.3. The molecule has 3 aliphatic heterocycles. The standard InChI is InChI=1S/C22H21N3O7/c1-22(13-2-4-15-17(10-13)31-8-6-29-15)20(27)25(21(28)24-22)12-19(26)23-14-3-5-16-18(11-14)32-9-7-30-16/h2-5,10-11H,6-9,12H2,1H3,(H,23,26)(H,24,28). The van der Waals surface area contributed by atoms with Gasteiger partial charge in [-0.05, 0) is 36.8 Å². The van der Waals surface area contributed by atoms with Crippen LogP contribution in [0.15, 0.2) is 36.4 Å². The molecule has 10 nitrogen and oxygen atoms in total. The van der Waals surface area contributed by atoms with E-state index in [0.717, 1.165) is 4.90 Å². The first kappa shape index (κ1) is 20.0. The van der Waals surface area contributed by atoms with Crippen LogP contribution in [-0.2, 0) is 15.1 Å². The normalized spacial score (nSPS) is 21.2. The highest BCUT2D eigenvalue weighted by molar-refractivity contribution is 6.10. The number of fused-ring (bicyclic) bond motifs is 2. The average Bonchev–Trinajstić information content (AvgIpc) is 3.02. The molecule has 2 aromatic rings. The first-order valence-electron chi connectivity index (χ1n) is 10.2. The van der Waals surface area contributed by atoms with Gasteiger partial charge in [-0.3, -0.25) is 14.5 Å². The number of nitrogens with one attached hydrogen (secondary N) is 2. The number of ether oxygens (including phenoxy) is 4. The Bertz CT molecular complexity index is 1120. The van der Waals surface area contributed by atoms with Crippen molar-refractivity contribution in [2.24, 2.45) is 0 Å². The molecule has 166 valence electrons. The van der Waals surface area contributed by atoms with Gasteiger partial charge < -0.3 is 29.6 Å². The summed E-state index contributed by atoms with van der Waals surface area (Å²) in [5.74, 6) is 1.16. The molecule has 0 saturated carbocycles. The van der Waals surface area contributed by atoms with E-state index in [0.29, 0.717) is 60.7 Å². The van der Waals surface area contributed by atoms with Gasteiger partial charge in [0, 0.05) is 11.8 Å². The number of imide groups is 1. The van der Waals surface area contributed by atoms with Crippen LogP contribution >= 0.6 is 0 Å². The van der Waals surface area contributed by atoms with Gasteiger partial charge in [-0.15, -0.1) is 0 Å². The monoisotopic (exact) mass is 439 g/mol. The summed E-state index contributed by atoms with van der Waals surface area (Å²) in [7, 11) is 0. The van der Waals surface area contributed by atoms with E-state index < -0.39 is 29.9 Å². The molecule has 3 heterocycles. The lowest BCUT2D eigenvalue weighted by atomic mass is 9.91. The van der Waals surface area contributed by atoms with Crippen LogP contribution in [0.25, 0.3) is 0 Å². The molecule has 1 fully saturated rings. The van der Waals surface area contributed by atoms with E-state index in [1.54, 1.807) is 43.3 Å². The third kappa shape index (κ3) is 3.43.